The minimum Gasteiger partial charge on any atom is -0.323 e. The summed E-state index contributed by atoms with van der Waals surface area (Å²) in [7, 11) is 0. The van der Waals surface area contributed by atoms with Gasteiger partial charge in [0, 0.05) is 23.9 Å². The van der Waals surface area contributed by atoms with Crippen LogP contribution in [0.15, 0.2) is 18.2 Å². The van der Waals surface area contributed by atoms with Crippen molar-refractivity contribution in [2.45, 2.75) is 6.92 Å². The van der Waals surface area contributed by atoms with Crippen molar-refractivity contribution >= 4 is 69.6 Å². The van der Waals surface area contributed by atoms with Gasteiger partial charge in [0.05, 0.1) is 0 Å². The highest BCUT2D eigenvalue weighted by Gasteiger charge is 2.03. The second-order valence-electron chi connectivity index (χ2n) is 4.19. The highest BCUT2D eigenvalue weighted by molar-refractivity contribution is 6.35. The predicted octanol–water partition coefficient (Wildman–Crippen LogP) is 5.00. The minimum atomic E-state index is 0.0625. The van der Waals surface area contributed by atoms with Gasteiger partial charge in [-0.15, -0.1) is 0 Å². The molecule has 0 saturated heterocycles. The molecule has 0 atom stereocenters. The lowest BCUT2D eigenvalue weighted by molar-refractivity contribution is 1.05. The van der Waals surface area contributed by atoms with E-state index in [0.29, 0.717) is 11.6 Å². The first-order chi connectivity index (χ1) is 11.3. The molecule has 2 N–H and O–H groups in total. The number of H-pyrrole nitrogens is 1. The molecule has 0 unspecified atom stereocenters. The van der Waals surface area contributed by atoms with Crippen LogP contribution < -0.4 is 5.32 Å². The van der Waals surface area contributed by atoms with Gasteiger partial charge in [-0.1, -0.05) is 34.8 Å². The Balaban J connectivity index is 0.000000198. The molecule has 0 amide bonds. The van der Waals surface area contributed by atoms with E-state index in [1.165, 1.54) is 6.07 Å². The molecule has 126 valence electrons. The fourth-order valence-corrected chi connectivity index (χ4v) is 2.53. The maximum absolute atomic E-state index is 5.72. The smallest absolute Gasteiger partial charge is 0.225 e. The van der Waals surface area contributed by atoms with Crippen molar-refractivity contribution in [3.05, 3.63) is 49.9 Å². The first kappa shape index (κ1) is 19.0. The van der Waals surface area contributed by atoms with Crippen LogP contribution in [-0.4, -0.2) is 30.1 Å². The Bertz CT molecular complexity index is 768. The summed E-state index contributed by atoms with van der Waals surface area (Å²) < 4.78 is 0. The van der Waals surface area contributed by atoms with E-state index in [9.17, 15) is 0 Å². The van der Waals surface area contributed by atoms with E-state index < -0.39 is 0 Å². The van der Waals surface area contributed by atoms with Crippen molar-refractivity contribution in [1.29, 1.82) is 0 Å². The standard InChI is InChI=1S/C8H7Cl2N5.C4HCl3N2/c1-4-2-7(15-14-4)12-6-3-5(9)11-8(10)13-6;5-2-1-3(6)9-4(7)8-2/h2-3H,1H3,(H2,11,12,13,14,15);1H. The Morgan fingerprint density at radius 1 is 0.750 bits per heavy atom. The molecule has 24 heavy (non-hydrogen) atoms. The molecule has 3 rings (SSSR count). The zero-order valence-corrected chi connectivity index (χ0v) is 15.6. The molecule has 0 spiro atoms. The Morgan fingerprint density at radius 3 is 1.75 bits per heavy atom. The van der Waals surface area contributed by atoms with Crippen LogP contribution >= 0.6 is 58.0 Å². The summed E-state index contributed by atoms with van der Waals surface area (Å²) in [5.41, 5.74) is 0.948. The molecular weight excluding hydrogens is 419 g/mol. The number of rotatable bonds is 2. The van der Waals surface area contributed by atoms with E-state index in [4.69, 9.17) is 58.0 Å². The lowest BCUT2D eigenvalue weighted by Crippen LogP contribution is -1.95. The molecule has 7 nitrogen and oxygen atoms in total. The number of hydrogen-bond donors (Lipinski definition) is 2. The third-order valence-corrected chi connectivity index (χ3v) is 3.18. The van der Waals surface area contributed by atoms with Gasteiger partial charge in [-0.05, 0) is 30.1 Å². The van der Waals surface area contributed by atoms with E-state index in [-0.39, 0.29) is 26.0 Å². The van der Waals surface area contributed by atoms with Crippen molar-refractivity contribution < 1.29 is 0 Å². The molecule has 3 heterocycles. The van der Waals surface area contributed by atoms with Crippen LogP contribution in [0.4, 0.5) is 11.6 Å². The predicted molar refractivity (Wildman–Crippen MR) is 95.7 cm³/mol. The molecule has 3 aromatic heterocycles. The lowest BCUT2D eigenvalue weighted by atomic mass is 10.4. The second kappa shape index (κ2) is 8.64. The molecule has 0 aliphatic carbocycles. The first-order valence-corrected chi connectivity index (χ1v) is 8.05. The summed E-state index contributed by atoms with van der Waals surface area (Å²) in [5.74, 6) is 1.16. The van der Waals surface area contributed by atoms with E-state index in [2.05, 4.69) is 35.5 Å². The molecule has 0 bridgehead atoms. The maximum Gasteiger partial charge on any atom is 0.225 e. The SMILES string of the molecule is Cc1cc(Nc2cc(Cl)nc(Cl)n2)n[nH]1.Clc1cc(Cl)nc(Cl)n1. The number of aromatic amines is 1. The average Bonchev–Trinajstić information content (AvgIpc) is 2.81. The number of hydrogen-bond acceptors (Lipinski definition) is 6. The fraction of sp³-hybridized carbons (Fsp3) is 0.0833. The lowest BCUT2D eigenvalue weighted by Gasteiger charge is -2.01. The van der Waals surface area contributed by atoms with Crippen molar-refractivity contribution in [3.8, 4) is 0 Å². The number of aryl methyl sites for hydroxylation is 1. The van der Waals surface area contributed by atoms with E-state index >= 15 is 0 Å². The van der Waals surface area contributed by atoms with E-state index in [1.807, 2.05) is 13.0 Å². The summed E-state index contributed by atoms with van der Waals surface area (Å²) in [6.07, 6.45) is 0. The molecule has 0 radical (unpaired) electrons. The number of halogens is 5. The summed E-state index contributed by atoms with van der Waals surface area (Å²) in [6, 6.07) is 4.82. The third kappa shape index (κ3) is 6.26. The van der Waals surface area contributed by atoms with Crippen LogP contribution in [0.25, 0.3) is 0 Å². The summed E-state index contributed by atoms with van der Waals surface area (Å²) in [4.78, 5) is 14.8. The Kier molecular flexibility index (Phi) is 6.82. The van der Waals surface area contributed by atoms with Gasteiger partial charge >= 0.3 is 0 Å². The highest BCUT2D eigenvalue weighted by Crippen LogP contribution is 2.18. The summed E-state index contributed by atoms with van der Waals surface area (Å²) in [5, 5.41) is 10.7. The molecule has 0 fully saturated rings. The highest BCUT2D eigenvalue weighted by atomic mass is 35.5. The molecule has 0 aromatic carbocycles. The number of aromatic nitrogens is 6. The number of nitrogens with one attached hydrogen (secondary N) is 2. The van der Waals surface area contributed by atoms with Gasteiger partial charge in [-0.3, -0.25) is 5.10 Å². The van der Waals surface area contributed by atoms with Crippen LogP contribution in [0.2, 0.25) is 26.0 Å². The molecule has 0 saturated carbocycles. The molecule has 0 aliphatic rings. The number of nitrogens with zero attached hydrogens (tertiary/aromatic N) is 5. The largest absolute Gasteiger partial charge is 0.323 e. The van der Waals surface area contributed by atoms with Crippen molar-refractivity contribution in [1.82, 2.24) is 30.1 Å². The van der Waals surface area contributed by atoms with Crippen LogP contribution in [-0.2, 0) is 0 Å². The molecule has 12 heteroatoms. The van der Waals surface area contributed by atoms with E-state index in [0.717, 1.165) is 5.69 Å². The van der Waals surface area contributed by atoms with Gasteiger partial charge in [-0.25, -0.2) is 19.9 Å². The second-order valence-corrected chi connectivity index (χ2v) is 6.03. The van der Waals surface area contributed by atoms with Crippen molar-refractivity contribution in [2.24, 2.45) is 0 Å². The van der Waals surface area contributed by atoms with Gasteiger partial charge in [0.2, 0.25) is 10.6 Å². The molecule has 3 aromatic rings. The topological polar surface area (TPSA) is 92.3 Å². The maximum atomic E-state index is 5.72. The third-order valence-electron chi connectivity index (χ3n) is 2.27. The quantitative estimate of drug-likeness (QED) is 0.442. The van der Waals surface area contributed by atoms with Gasteiger partial charge in [0.15, 0.2) is 5.82 Å². The summed E-state index contributed by atoms with van der Waals surface area (Å²) >= 11 is 27.6. The number of anilines is 2. The Hall–Kier alpha value is -1.38. The molecule has 0 aliphatic heterocycles. The Labute approximate surface area is 161 Å². The fourth-order valence-electron chi connectivity index (χ4n) is 1.43. The normalized spacial score (nSPS) is 10.1. The molecular formula is C12H8Cl5N7. The van der Waals surface area contributed by atoms with Gasteiger partial charge in [-0.2, -0.15) is 5.10 Å². The van der Waals surface area contributed by atoms with Crippen LogP contribution in [0.5, 0.6) is 0 Å². The van der Waals surface area contributed by atoms with Crippen LogP contribution in [0.1, 0.15) is 5.69 Å². The zero-order chi connectivity index (χ0) is 17.7. The van der Waals surface area contributed by atoms with Gasteiger partial charge in [0.1, 0.15) is 21.3 Å². The average molecular weight is 428 g/mol. The summed E-state index contributed by atoms with van der Waals surface area (Å²) in [6.45, 7) is 1.90. The zero-order valence-electron chi connectivity index (χ0n) is 11.9. The van der Waals surface area contributed by atoms with Crippen LogP contribution in [0, 0.1) is 6.92 Å². The van der Waals surface area contributed by atoms with Crippen LogP contribution in [0.3, 0.4) is 0 Å². The monoisotopic (exact) mass is 425 g/mol. The van der Waals surface area contributed by atoms with Gasteiger partial charge in [0.25, 0.3) is 0 Å². The minimum absolute atomic E-state index is 0.0625. The van der Waals surface area contributed by atoms with Crippen molar-refractivity contribution in [3.63, 3.8) is 0 Å². The first-order valence-electron chi connectivity index (χ1n) is 6.16. The Morgan fingerprint density at radius 2 is 1.29 bits per heavy atom. The van der Waals surface area contributed by atoms with E-state index in [1.54, 1.807) is 6.07 Å². The van der Waals surface area contributed by atoms with Gasteiger partial charge < -0.3 is 5.32 Å². The van der Waals surface area contributed by atoms with Crippen molar-refractivity contribution in [2.75, 3.05) is 5.32 Å².